The molecule has 0 saturated heterocycles. The van der Waals surface area contributed by atoms with Crippen LogP contribution in [0.5, 0.6) is 0 Å². The van der Waals surface area contributed by atoms with Crippen LogP contribution < -0.4 is 16.0 Å². The van der Waals surface area contributed by atoms with Crippen LogP contribution in [-0.2, 0) is 25.5 Å². The molecule has 2 aromatic rings. The molecule has 0 spiro atoms. The maximum Gasteiger partial charge on any atom is 0.305 e. The van der Waals surface area contributed by atoms with Gasteiger partial charge >= 0.3 is 5.97 Å². The number of hydrogen-bond donors (Lipinski definition) is 4. The molecule has 0 radical (unpaired) electrons. The van der Waals surface area contributed by atoms with E-state index in [1.54, 1.807) is 18.2 Å². The maximum absolute atomic E-state index is 12.8. The lowest BCUT2D eigenvalue weighted by Crippen LogP contribution is -2.43. The van der Waals surface area contributed by atoms with Crippen LogP contribution in [0, 0.1) is 0 Å². The number of benzene rings is 1. The summed E-state index contributed by atoms with van der Waals surface area (Å²) < 4.78 is 11.3. The normalized spacial score (nSPS) is 17.7. The summed E-state index contributed by atoms with van der Waals surface area (Å²) in [6.07, 6.45) is 4.75. The zero-order chi connectivity index (χ0) is 25.3. The molecule has 2 aliphatic heterocycles. The highest BCUT2D eigenvalue weighted by atomic mass is 32.1. The Kier molecular flexibility index (Phi) is 8.35. The molecule has 2 aliphatic rings. The lowest BCUT2D eigenvalue weighted by Gasteiger charge is -2.18. The molecule has 188 valence electrons. The van der Waals surface area contributed by atoms with Gasteiger partial charge in [-0.05, 0) is 30.2 Å². The number of thiophene rings is 1. The summed E-state index contributed by atoms with van der Waals surface area (Å²) >= 11 is 1.17. The monoisotopic (exact) mass is 510 g/mol. The molecule has 4 rings (SSSR count). The first-order valence-electron chi connectivity index (χ1n) is 11.4. The van der Waals surface area contributed by atoms with E-state index in [-0.39, 0.29) is 18.1 Å². The minimum atomic E-state index is -1.09. The van der Waals surface area contributed by atoms with Crippen LogP contribution >= 0.6 is 11.3 Å². The smallest absolute Gasteiger partial charge is 0.305 e. The number of aliphatic carboxylic acids is 1. The molecule has 1 unspecified atom stereocenters. The Morgan fingerprint density at radius 3 is 2.81 bits per heavy atom. The van der Waals surface area contributed by atoms with Crippen LogP contribution in [0.15, 0.2) is 65.6 Å². The quantitative estimate of drug-likeness (QED) is 0.380. The van der Waals surface area contributed by atoms with Gasteiger partial charge in [0, 0.05) is 30.5 Å². The van der Waals surface area contributed by atoms with Crippen LogP contribution in [-0.4, -0.2) is 54.3 Å². The molecule has 1 aromatic carbocycles. The van der Waals surface area contributed by atoms with Crippen molar-refractivity contribution in [3.63, 3.8) is 0 Å². The standard InChI is InChI=1S/C25H26N4O6S/c30-21(29-25-26-11-4-12-27-25)10-8-17-7-9-20(36-17)24(33)28-18(14-22(31)32)19-15-34-23(35-19)13-16-5-2-1-3-6-16/h1-3,5-10,15,18,23H,4,11-14H2,(H,28,33)(H,31,32)(H2,26,27,29,30)/t18-,23?/m0/s1. The van der Waals surface area contributed by atoms with Gasteiger partial charge in [-0.1, -0.05) is 30.3 Å². The Bertz CT molecular complexity index is 1190. The third kappa shape index (κ3) is 7.19. The fourth-order valence-electron chi connectivity index (χ4n) is 3.53. The predicted molar refractivity (Wildman–Crippen MR) is 134 cm³/mol. The highest BCUT2D eigenvalue weighted by Crippen LogP contribution is 2.24. The van der Waals surface area contributed by atoms with Crippen molar-refractivity contribution in [1.82, 2.24) is 16.0 Å². The molecule has 3 heterocycles. The first kappa shape index (κ1) is 25.0. The SMILES string of the molecule is O=C(O)C[C@H](NC(=O)c1ccc(C=CC(=O)NC2=NCCCN2)s1)C1=COC(Cc2ccccc2)O1. The number of guanidine groups is 1. The third-order valence-corrected chi connectivity index (χ3v) is 6.31. The van der Waals surface area contributed by atoms with Gasteiger partial charge in [-0.2, -0.15) is 0 Å². The molecule has 0 saturated carbocycles. The highest BCUT2D eigenvalue weighted by Gasteiger charge is 2.30. The Morgan fingerprint density at radius 2 is 2.06 bits per heavy atom. The second-order valence-corrected chi connectivity index (χ2v) is 9.17. The van der Waals surface area contributed by atoms with Crippen LogP contribution in [0.25, 0.3) is 6.08 Å². The molecule has 4 N–H and O–H groups in total. The molecule has 0 bridgehead atoms. The summed E-state index contributed by atoms with van der Waals surface area (Å²) in [6, 6.07) is 12.0. The topological polar surface area (TPSA) is 138 Å². The van der Waals surface area contributed by atoms with E-state index in [0.29, 0.717) is 28.7 Å². The van der Waals surface area contributed by atoms with Gasteiger partial charge in [0.2, 0.25) is 6.29 Å². The molecule has 36 heavy (non-hydrogen) atoms. The first-order valence-corrected chi connectivity index (χ1v) is 12.2. The zero-order valence-corrected chi connectivity index (χ0v) is 20.1. The van der Waals surface area contributed by atoms with Crippen LogP contribution in [0.1, 0.15) is 33.0 Å². The molecule has 0 fully saturated rings. The summed E-state index contributed by atoms with van der Waals surface area (Å²) in [5.41, 5.74) is 1.01. The van der Waals surface area contributed by atoms with Gasteiger partial charge in [0.05, 0.1) is 11.3 Å². The van der Waals surface area contributed by atoms with Crippen molar-refractivity contribution in [3.05, 3.63) is 75.9 Å². The van der Waals surface area contributed by atoms with Crippen molar-refractivity contribution in [3.8, 4) is 0 Å². The fourth-order valence-corrected chi connectivity index (χ4v) is 4.35. The summed E-state index contributed by atoms with van der Waals surface area (Å²) in [5.74, 6) is -1.18. The number of carboxylic acids is 1. The largest absolute Gasteiger partial charge is 0.481 e. The Hall–Kier alpha value is -4.12. The number of aliphatic imine (C=N–C) groups is 1. The van der Waals surface area contributed by atoms with Crippen molar-refractivity contribution in [2.45, 2.75) is 31.6 Å². The number of carbonyl (C=O) groups is 3. The maximum atomic E-state index is 12.8. The fraction of sp³-hybridized carbons (Fsp3) is 0.280. The molecule has 0 aliphatic carbocycles. The van der Waals surface area contributed by atoms with Crippen molar-refractivity contribution in [2.24, 2.45) is 4.99 Å². The highest BCUT2D eigenvalue weighted by molar-refractivity contribution is 7.14. The number of carbonyl (C=O) groups excluding carboxylic acids is 2. The van der Waals surface area contributed by atoms with Crippen molar-refractivity contribution in [2.75, 3.05) is 13.1 Å². The molecule has 2 atom stereocenters. The van der Waals surface area contributed by atoms with E-state index < -0.39 is 24.2 Å². The lowest BCUT2D eigenvalue weighted by atomic mass is 10.1. The molecule has 10 nitrogen and oxygen atoms in total. The number of carboxylic acid groups (broad SMARTS) is 1. The van der Waals surface area contributed by atoms with Gasteiger partial charge in [0.15, 0.2) is 11.7 Å². The van der Waals surface area contributed by atoms with E-state index in [4.69, 9.17) is 9.47 Å². The second-order valence-electron chi connectivity index (χ2n) is 8.05. The molecular formula is C25H26N4O6S. The average molecular weight is 511 g/mol. The van der Waals surface area contributed by atoms with Gasteiger partial charge in [0.25, 0.3) is 11.8 Å². The van der Waals surface area contributed by atoms with E-state index >= 15 is 0 Å². The van der Waals surface area contributed by atoms with E-state index in [1.807, 2.05) is 30.3 Å². The van der Waals surface area contributed by atoms with Gasteiger partial charge in [0.1, 0.15) is 12.3 Å². The molecule has 1 aromatic heterocycles. The number of amides is 2. The summed E-state index contributed by atoms with van der Waals surface area (Å²) in [4.78, 5) is 41.6. The van der Waals surface area contributed by atoms with Gasteiger partial charge in [-0.3, -0.25) is 24.7 Å². The average Bonchev–Trinajstić information content (AvgIpc) is 3.53. The van der Waals surface area contributed by atoms with Gasteiger partial charge in [-0.15, -0.1) is 11.3 Å². The molecule has 11 heteroatoms. The molecule has 2 amide bonds. The Morgan fingerprint density at radius 1 is 1.22 bits per heavy atom. The minimum absolute atomic E-state index is 0.249. The number of nitrogens with zero attached hydrogens (tertiary/aromatic N) is 1. The Labute approximate surface area is 211 Å². The number of rotatable bonds is 9. The number of ether oxygens (including phenoxy) is 2. The van der Waals surface area contributed by atoms with Crippen molar-refractivity contribution in [1.29, 1.82) is 0 Å². The molecular weight excluding hydrogens is 484 g/mol. The Balaban J connectivity index is 1.33. The van der Waals surface area contributed by atoms with Crippen LogP contribution in [0.3, 0.4) is 0 Å². The summed E-state index contributed by atoms with van der Waals surface area (Å²) in [6.45, 7) is 1.43. The first-order chi connectivity index (χ1) is 17.5. The van der Waals surface area contributed by atoms with E-state index in [0.717, 1.165) is 18.5 Å². The van der Waals surface area contributed by atoms with E-state index in [1.165, 1.54) is 23.7 Å². The van der Waals surface area contributed by atoms with Crippen LogP contribution in [0.4, 0.5) is 0 Å². The van der Waals surface area contributed by atoms with Crippen LogP contribution in [0.2, 0.25) is 0 Å². The number of nitrogens with one attached hydrogen (secondary N) is 3. The lowest BCUT2D eigenvalue weighted by molar-refractivity contribution is -0.137. The van der Waals surface area contributed by atoms with E-state index in [2.05, 4.69) is 20.9 Å². The zero-order valence-electron chi connectivity index (χ0n) is 19.3. The number of hydrogen-bond acceptors (Lipinski definition) is 8. The van der Waals surface area contributed by atoms with Gasteiger partial charge in [-0.25, -0.2) is 0 Å². The summed E-state index contributed by atoms with van der Waals surface area (Å²) in [5, 5.41) is 17.7. The minimum Gasteiger partial charge on any atom is -0.481 e. The third-order valence-electron chi connectivity index (χ3n) is 5.26. The van der Waals surface area contributed by atoms with Crippen molar-refractivity contribution < 1.29 is 29.0 Å². The predicted octanol–water partition coefficient (Wildman–Crippen LogP) is 2.26. The van der Waals surface area contributed by atoms with Gasteiger partial charge < -0.3 is 25.2 Å². The van der Waals surface area contributed by atoms with E-state index in [9.17, 15) is 19.5 Å². The van der Waals surface area contributed by atoms with Crippen molar-refractivity contribution >= 4 is 41.2 Å². The summed E-state index contributed by atoms with van der Waals surface area (Å²) in [7, 11) is 0. The second kappa shape index (κ2) is 12.0.